The van der Waals surface area contributed by atoms with Crippen LogP contribution in [0.3, 0.4) is 0 Å². The van der Waals surface area contributed by atoms with Crippen molar-refractivity contribution in [1.29, 1.82) is 0 Å². The highest BCUT2D eigenvalue weighted by atomic mass is 79.9. The van der Waals surface area contributed by atoms with E-state index in [1.165, 1.54) is 0 Å². The molecule has 3 nitrogen and oxygen atoms in total. The predicted octanol–water partition coefficient (Wildman–Crippen LogP) is 3.35. The van der Waals surface area contributed by atoms with E-state index >= 15 is 0 Å². The van der Waals surface area contributed by atoms with Gasteiger partial charge in [0.1, 0.15) is 5.69 Å². The molecular formula is C14H9BrN2O. The molecule has 3 aromatic rings. The molecule has 0 radical (unpaired) electrons. The Balaban J connectivity index is 2.27. The molecule has 1 N–H and O–H groups in total. The van der Waals surface area contributed by atoms with Gasteiger partial charge in [-0.25, -0.2) is 0 Å². The molecule has 0 saturated heterocycles. The van der Waals surface area contributed by atoms with Gasteiger partial charge in [-0.2, -0.15) is 5.10 Å². The lowest BCUT2D eigenvalue weighted by Crippen LogP contribution is -2.09. The van der Waals surface area contributed by atoms with Crippen LogP contribution >= 0.6 is 15.9 Å². The van der Waals surface area contributed by atoms with Gasteiger partial charge < -0.3 is 0 Å². The summed E-state index contributed by atoms with van der Waals surface area (Å²) >= 11 is 3.37. The average Bonchev–Trinajstić information content (AvgIpc) is 2.41. The second-order valence-corrected chi connectivity index (χ2v) is 4.87. The largest absolute Gasteiger partial charge is 0.287 e. The monoisotopic (exact) mass is 300 g/mol. The van der Waals surface area contributed by atoms with Crippen molar-refractivity contribution in [2.75, 3.05) is 0 Å². The summed E-state index contributed by atoms with van der Waals surface area (Å²) in [6.45, 7) is 0. The van der Waals surface area contributed by atoms with Gasteiger partial charge in [0, 0.05) is 15.4 Å². The molecule has 0 bridgehead atoms. The third kappa shape index (κ3) is 1.84. The van der Waals surface area contributed by atoms with E-state index in [1.807, 2.05) is 42.5 Å². The average molecular weight is 301 g/mol. The van der Waals surface area contributed by atoms with Gasteiger partial charge in [0.15, 0.2) is 0 Å². The van der Waals surface area contributed by atoms with E-state index in [9.17, 15) is 4.79 Å². The first kappa shape index (κ1) is 11.2. The van der Waals surface area contributed by atoms with Crippen LogP contribution in [0.4, 0.5) is 0 Å². The number of rotatable bonds is 1. The van der Waals surface area contributed by atoms with E-state index in [-0.39, 0.29) is 5.43 Å². The molecule has 1 heterocycles. The topological polar surface area (TPSA) is 45.8 Å². The third-order valence-corrected chi connectivity index (χ3v) is 3.32. The maximum Gasteiger partial charge on any atom is 0.215 e. The summed E-state index contributed by atoms with van der Waals surface area (Å²) in [5.41, 5.74) is 1.96. The highest BCUT2D eigenvalue weighted by Gasteiger charge is 2.08. The summed E-state index contributed by atoms with van der Waals surface area (Å²) < 4.78 is 0.975. The van der Waals surface area contributed by atoms with Crippen molar-refractivity contribution >= 4 is 26.8 Å². The smallest absolute Gasteiger partial charge is 0.215 e. The van der Waals surface area contributed by atoms with E-state index < -0.39 is 0 Å². The second kappa shape index (κ2) is 4.38. The molecule has 0 atom stereocenters. The number of nitrogens with zero attached hydrogens (tertiary/aromatic N) is 1. The molecule has 0 fully saturated rings. The minimum absolute atomic E-state index is 0.0494. The number of nitrogens with one attached hydrogen (secondary N) is 1. The Morgan fingerprint density at radius 3 is 2.50 bits per heavy atom. The van der Waals surface area contributed by atoms with Gasteiger partial charge in [0.25, 0.3) is 0 Å². The van der Waals surface area contributed by atoms with Crippen molar-refractivity contribution in [3.05, 3.63) is 63.2 Å². The van der Waals surface area contributed by atoms with Crippen LogP contribution in [0.2, 0.25) is 0 Å². The van der Waals surface area contributed by atoms with Crippen molar-refractivity contribution < 1.29 is 0 Å². The Kier molecular flexibility index (Phi) is 2.72. The lowest BCUT2D eigenvalue weighted by atomic mass is 10.1. The highest BCUT2D eigenvalue weighted by molar-refractivity contribution is 9.10. The van der Waals surface area contributed by atoms with Crippen molar-refractivity contribution in [2.24, 2.45) is 0 Å². The van der Waals surface area contributed by atoms with Crippen LogP contribution in [0.5, 0.6) is 0 Å². The van der Waals surface area contributed by atoms with Gasteiger partial charge in [-0.1, -0.05) is 40.2 Å². The number of aromatic nitrogens is 2. The molecule has 0 aliphatic rings. The summed E-state index contributed by atoms with van der Waals surface area (Å²) in [5.74, 6) is 0. The maximum atomic E-state index is 12.3. The van der Waals surface area contributed by atoms with E-state index in [0.717, 1.165) is 15.6 Å². The number of hydrogen-bond donors (Lipinski definition) is 1. The zero-order chi connectivity index (χ0) is 12.5. The third-order valence-electron chi connectivity index (χ3n) is 2.79. The molecule has 2 aromatic carbocycles. The maximum absolute atomic E-state index is 12.3. The quantitative estimate of drug-likeness (QED) is 0.749. The Labute approximate surface area is 112 Å². The summed E-state index contributed by atoms with van der Waals surface area (Å²) in [6.07, 6.45) is 0. The van der Waals surface area contributed by atoms with Gasteiger partial charge in [0.05, 0.1) is 5.52 Å². The van der Waals surface area contributed by atoms with Gasteiger partial charge in [-0.3, -0.25) is 9.89 Å². The van der Waals surface area contributed by atoms with Crippen LogP contribution in [0.25, 0.3) is 22.2 Å². The molecule has 88 valence electrons. The minimum Gasteiger partial charge on any atom is -0.287 e. The Hall–Kier alpha value is -1.94. The number of benzene rings is 2. The normalized spacial score (nSPS) is 10.7. The molecule has 0 unspecified atom stereocenters. The van der Waals surface area contributed by atoms with Gasteiger partial charge in [0.2, 0.25) is 5.43 Å². The number of aromatic amines is 1. The molecule has 0 amide bonds. The number of H-pyrrole nitrogens is 1. The molecule has 4 heteroatoms. The van der Waals surface area contributed by atoms with Crippen molar-refractivity contribution in [2.45, 2.75) is 0 Å². The fraction of sp³-hybridized carbons (Fsp3) is 0. The minimum atomic E-state index is -0.0494. The van der Waals surface area contributed by atoms with Crippen LogP contribution in [-0.2, 0) is 0 Å². The van der Waals surface area contributed by atoms with Crippen LogP contribution < -0.4 is 5.43 Å². The first-order chi connectivity index (χ1) is 8.75. The molecule has 0 aliphatic heterocycles. The predicted molar refractivity (Wildman–Crippen MR) is 75.5 cm³/mol. The molecule has 1 aromatic heterocycles. The second-order valence-electron chi connectivity index (χ2n) is 3.95. The fourth-order valence-electron chi connectivity index (χ4n) is 1.88. The molecule has 0 spiro atoms. The first-order valence-electron chi connectivity index (χ1n) is 5.49. The van der Waals surface area contributed by atoms with Crippen LogP contribution in [0.15, 0.2) is 57.8 Å². The number of halogens is 1. The van der Waals surface area contributed by atoms with E-state index in [2.05, 4.69) is 26.1 Å². The Bertz CT molecular complexity index is 763. The lowest BCUT2D eigenvalue weighted by Gasteiger charge is -2.02. The molecule has 0 aliphatic carbocycles. The molecule has 3 rings (SSSR count). The van der Waals surface area contributed by atoms with Gasteiger partial charge in [-0.15, -0.1) is 0 Å². The van der Waals surface area contributed by atoms with Crippen molar-refractivity contribution in [3.8, 4) is 11.3 Å². The standard InChI is InChI=1S/C14H9BrN2O/c15-10-7-5-9(6-8-10)13-14(18)11-3-1-2-4-12(11)16-17-13/h1-8H,(H,16,18). The highest BCUT2D eigenvalue weighted by Crippen LogP contribution is 2.18. The Morgan fingerprint density at radius 1 is 1.00 bits per heavy atom. The van der Waals surface area contributed by atoms with Crippen LogP contribution in [-0.4, -0.2) is 10.2 Å². The fourth-order valence-corrected chi connectivity index (χ4v) is 2.14. The SMILES string of the molecule is O=c1c(-c2ccc(Br)cc2)n[nH]c2ccccc12. The number of para-hydroxylation sites is 1. The first-order valence-corrected chi connectivity index (χ1v) is 6.28. The van der Waals surface area contributed by atoms with Crippen molar-refractivity contribution in [1.82, 2.24) is 10.2 Å². The van der Waals surface area contributed by atoms with Crippen LogP contribution in [0.1, 0.15) is 0 Å². The molecule has 0 saturated carbocycles. The molecular weight excluding hydrogens is 292 g/mol. The van der Waals surface area contributed by atoms with E-state index in [4.69, 9.17) is 0 Å². The zero-order valence-electron chi connectivity index (χ0n) is 9.35. The summed E-state index contributed by atoms with van der Waals surface area (Å²) in [4.78, 5) is 12.3. The number of hydrogen-bond acceptors (Lipinski definition) is 2. The summed E-state index contributed by atoms with van der Waals surface area (Å²) in [6, 6.07) is 14.9. The summed E-state index contributed by atoms with van der Waals surface area (Å²) in [5, 5.41) is 7.72. The van der Waals surface area contributed by atoms with Crippen LogP contribution in [0, 0.1) is 0 Å². The molecule has 18 heavy (non-hydrogen) atoms. The van der Waals surface area contributed by atoms with Crippen molar-refractivity contribution in [3.63, 3.8) is 0 Å². The number of fused-ring (bicyclic) bond motifs is 1. The van der Waals surface area contributed by atoms with Gasteiger partial charge >= 0.3 is 0 Å². The van der Waals surface area contributed by atoms with E-state index in [1.54, 1.807) is 6.07 Å². The summed E-state index contributed by atoms with van der Waals surface area (Å²) in [7, 11) is 0. The zero-order valence-corrected chi connectivity index (χ0v) is 10.9. The lowest BCUT2D eigenvalue weighted by molar-refractivity contribution is 1.07. The van der Waals surface area contributed by atoms with E-state index in [0.29, 0.717) is 11.1 Å². The Morgan fingerprint density at radius 2 is 1.72 bits per heavy atom. The van der Waals surface area contributed by atoms with Gasteiger partial charge in [-0.05, 0) is 24.3 Å².